The number of anilines is 1. The van der Waals surface area contributed by atoms with Crippen LogP contribution < -0.4 is 4.90 Å². The van der Waals surface area contributed by atoms with Crippen LogP contribution in [0.3, 0.4) is 0 Å². The van der Waals surface area contributed by atoms with Gasteiger partial charge in [0, 0.05) is 25.1 Å². The molecule has 0 spiro atoms. The summed E-state index contributed by atoms with van der Waals surface area (Å²) >= 11 is 29.5. The van der Waals surface area contributed by atoms with Gasteiger partial charge in [-0.3, -0.25) is 4.79 Å². The van der Waals surface area contributed by atoms with Crippen LogP contribution in [0.1, 0.15) is 163 Å². The fraction of sp³-hybridized carbons (Fsp3) is 0.653. The van der Waals surface area contributed by atoms with Gasteiger partial charge in [0.2, 0.25) is 0 Å². The number of unbranched alkanes of at least 4 members (excludes halogenated alkanes) is 18. The summed E-state index contributed by atoms with van der Waals surface area (Å²) in [6.45, 7) is 9.86. The lowest BCUT2D eigenvalue weighted by atomic mass is 10.1. The zero-order valence-corrected chi connectivity index (χ0v) is 49.0. The fourth-order valence-corrected chi connectivity index (χ4v) is 12.1. The maximum Gasteiger partial charge on any atom is 0.316 e. The molecular weight excluding hydrogens is 1030 g/mol. The second-order valence-corrected chi connectivity index (χ2v) is 26.4. The zero-order chi connectivity index (χ0) is 50.4. The normalized spacial score (nSPS) is 10.8. The minimum absolute atomic E-state index is 0.399. The summed E-state index contributed by atoms with van der Waals surface area (Å²) in [5, 5.41) is 38.0. The van der Waals surface area contributed by atoms with E-state index in [0.717, 1.165) is 28.6 Å². The van der Waals surface area contributed by atoms with Crippen molar-refractivity contribution < 1.29 is 9.90 Å². The SMILES string of the molecule is CC(C)(C#N)SC(=S)n1cccn1.CCCCCCCCCCCCSC(=S)SC(C)C(=O)O.CCCCCCCCCCCCSC(=S)SCC#N.CN(C(=S)SCC#N)c1ccccc1. The van der Waals surface area contributed by atoms with Gasteiger partial charge in [-0.1, -0.05) is 244 Å². The molecule has 8 nitrogen and oxygen atoms in total. The molecule has 1 unspecified atom stereocenters. The number of aliphatic carboxylic acids is 1. The van der Waals surface area contributed by atoms with Gasteiger partial charge in [-0.05, 0) is 63.3 Å². The van der Waals surface area contributed by atoms with Gasteiger partial charge < -0.3 is 10.0 Å². The Bertz CT molecular complexity index is 1710. The number of hydrogen-bond donors (Lipinski definition) is 1. The Morgan fingerprint density at radius 2 is 1.15 bits per heavy atom. The van der Waals surface area contributed by atoms with E-state index < -0.39 is 16.0 Å². The highest BCUT2D eigenvalue weighted by Gasteiger charge is 2.21. The largest absolute Gasteiger partial charge is 0.480 e. The third kappa shape index (κ3) is 44.3. The first-order valence-corrected chi connectivity index (χ1v) is 30.7. The Hall–Kier alpha value is -1.37. The lowest BCUT2D eigenvalue weighted by molar-refractivity contribution is -0.136. The summed E-state index contributed by atoms with van der Waals surface area (Å²) in [5.74, 6) is 2.24. The first kappa shape index (κ1) is 67.7. The van der Waals surface area contributed by atoms with Crippen LogP contribution >= 0.6 is 119 Å². The Kier molecular flexibility index (Phi) is 48.8. The molecule has 1 N–H and O–H groups in total. The van der Waals surface area contributed by atoms with E-state index in [1.165, 1.54) is 175 Å². The summed E-state index contributed by atoms with van der Waals surface area (Å²) < 4.78 is 4.09. The number of nitrogens with zero attached hydrogens (tertiary/aromatic N) is 6. The summed E-state index contributed by atoms with van der Waals surface area (Å²) in [6.07, 6.45) is 30.6. The van der Waals surface area contributed by atoms with Crippen molar-refractivity contribution >= 4 is 147 Å². The average Bonchev–Trinajstić information content (AvgIpc) is 3.87. The van der Waals surface area contributed by atoms with Crippen molar-refractivity contribution in [3.63, 3.8) is 0 Å². The summed E-state index contributed by atoms with van der Waals surface area (Å²) in [4.78, 5) is 12.6. The summed E-state index contributed by atoms with van der Waals surface area (Å²) in [6, 6.07) is 18.0. The Labute approximate surface area is 453 Å². The Balaban J connectivity index is 0. The van der Waals surface area contributed by atoms with Crippen molar-refractivity contribution in [2.45, 2.75) is 173 Å². The van der Waals surface area contributed by atoms with E-state index in [-0.39, 0.29) is 0 Å². The van der Waals surface area contributed by atoms with Crippen molar-refractivity contribution in [2.24, 2.45) is 0 Å². The molecular formula is C49H76N6O2S10. The Morgan fingerprint density at radius 1 is 0.701 bits per heavy atom. The average molecular weight is 1100 g/mol. The predicted octanol–water partition coefficient (Wildman–Crippen LogP) is 17.0. The smallest absolute Gasteiger partial charge is 0.316 e. The molecule has 18 heteroatoms. The van der Waals surface area contributed by atoms with Crippen LogP contribution in [0.25, 0.3) is 0 Å². The monoisotopic (exact) mass is 1100 g/mol. The number of carbonyl (C=O) groups is 1. The second-order valence-electron chi connectivity index (χ2n) is 15.7. The van der Waals surface area contributed by atoms with E-state index in [1.807, 2.05) is 56.1 Å². The molecule has 0 amide bonds. The van der Waals surface area contributed by atoms with E-state index in [4.69, 9.17) is 69.8 Å². The lowest BCUT2D eigenvalue weighted by Gasteiger charge is -2.18. The number of aromatic nitrogens is 2. The van der Waals surface area contributed by atoms with Crippen molar-refractivity contribution in [1.82, 2.24) is 9.78 Å². The maximum atomic E-state index is 10.7. The molecule has 1 aromatic carbocycles. The highest BCUT2D eigenvalue weighted by Crippen LogP contribution is 2.26. The molecule has 0 aliphatic carbocycles. The number of benzene rings is 1. The van der Waals surface area contributed by atoms with Crippen molar-refractivity contribution in [1.29, 1.82) is 15.8 Å². The number of thiocarbonyl (C=S) groups is 4. The van der Waals surface area contributed by atoms with Crippen molar-refractivity contribution in [3.05, 3.63) is 48.8 Å². The van der Waals surface area contributed by atoms with Crippen LogP contribution in [-0.2, 0) is 4.79 Å². The fourth-order valence-electron chi connectivity index (χ4n) is 5.46. The maximum absolute atomic E-state index is 10.7. The predicted molar refractivity (Wildman–Crippen MR) is 320 cm³/mol. The van der Waals surface area contributed by atoms with E-state index in [1.54, 1.807) is 53.6 Å². The molecule has 1 heterocycles. The van der Waals surface area contributed by atoms with Crippen LogP contribution in [0.5, 0.6) is 0 Å². The first-order valence-electron chi connectivity index (χ1n) is 23.4. The Morgan fingerprint density at radius 3 is 1.57 bits per heavy atom. The lowest BCUT2D eigenvalue weighted by Crippen LogP contribution is -2.21. The third-order valence-electron chi connectivity index (χ3n) is 9.29. The molecule has 0 saturated heterocycles. The first-order chi connectivity index (χ1) is 32.2. The second kappa shape index (κ2) is 48.3. The zero-order valence-electron chi connectivity index (χ0n) is 40.8. The molecule has 2 aromatic rings. The number of carboxylic acids is 1. The number of nitriles is 3. The highest BCUT2D eigenvalue weighted by atomic mass is 32.2. The highest BCUT2D eigenvalue weighted by molar-refractivity contribution is 8.47. The van der Waals surface area contributed by atoms with Crippen LogP contribution in [0.15, 0.2) is 48.8 Å². The van der Waals surface area contributed by atoms with Crippen LogP contribution in [0, 0.1) is 34.0 Å². The molecule has 1 aromatic heterocycles. The van der Waals surface area contributed by atoms with Gasteiger partial charge in [-0.25, -0.2) is 4.68 Å². The van der Waals surface area contributed by atoms with Crippen LogP contribution in [0.4, 0.5) is 5.69 Å². The van der Waals surface area contributed by atoms with E-state index in [9.17, 15) is 4.79 Å². The molecule has 2 rings (SSSR count). The molecule has 0 aliphatic rings. The van der Waals surface area contributed by atoms with Gasteiger partial charge in [0.15, 0.2) is 4.32 Å². The molecule has 1 atom stereocenters. The molecule has 0 radical (unpaired) electrons. The van der Waals surface area contributed by atoms with E-state index >= 15 is 0 Å². The van der Waals surface area contributed by atoms with Gasteiger partial charge in [0.25, 0.3) is 0 Å². The molecule has 374 valence electrons. The number of hydrogen-bond acceptors (Lipinski definition) is 15. The molecule has 67 heavy (non-hydrogen) atoms. The molecule has 0 fully saturated rings. The van der Waals surface area contributed by atoms with E-state index in [0.29, 0.717) is 15.8 Å². The van der Waals surface area contributed by atoms with Crippen LogP contribution in [0.2, 0.25) is 0 Å². The molecule has 0 saturated carbocycles. The summed E-state index contributed by atoms with van der Waals surface area (Å²) in [5.41, 5.74) is 1.04. The molecule has 0 bridgehead atoms. The summed E-state index contributed by atoms with van der Waals surface area (Å²) in [7, 11) is 1.90. The number of rotatable bonds is 28. The third-order valence-corrected chi connectivity index (χ3v) is 17.5. The van der Waals surface area contributed by atoms with Gasteiger partial charge in [0.05, 0.1) is 29.7 Å². The van der Waals surface area contributed by atoms with Crippen molar-refractivity contribution in [2.75, 3.05) is 35.0 Å². The van der Waals surface area contributed by atoms with Gasteiger partial charge in [-0.2, -0.15) is 20.9 Å². The number of thioether (sulfide) groups is 6. The van der Waals surface area contributed by atoms with Gasteiger partial charge >= 0.3 is 5.97 Å². The minimum atomic E-state index is -0.790. The topological polar surface area (TPSA) is 130 Å². The quantitative estimate of drug-likeness (QED) is 0.0640. The van der Waals surface area contributed by atoms with Crippen LogP contribution in [-0.4, -0.2) is 76.6 Å². The minimum Gasteiger partial charge on any atom is -0.480 e. The van der Waals surface area contributed by atoms with E-state index in [2.05, 4.69) is 37.2 Å². The van der Waals surface area contributed by atoms with Crippen molar-refractivity contribution in [3.8, 4) is 18.2 Å². The van der Waals surface area contributed by atoms with Gasteiger partial charge in [0.1, 0.15) is 21.4 Å². The standard InChI is InChI=1S/C16H30O2S3.C15H27NS3.C10H10N2S2.C8H9N3S2/c1-3-4-5-6-7-8-9-10-11-12-13-20-16(19)21-14(2)15(17)18;1-2-3-4-5-6-7-8-9-10-11-13-18-15(17)19-14-12-16;1-12(10(13)14-8-7-11)9-5-3-2-4-6-9;1-8(2,6-9)13-7(12)11-5-3-4-10-11/h14H,3-13H2,1-2H3,(H,17,18);2-11,13-14H2,1H3;2-6H,8H2,1H3;3-5H,1-2H3. The molecule has 0 aliphatic heterocycles. The number of carboxylic acid groups (broad SMARTS) is 1. The number of para-hydroxylation sites is 1. The van der Waals surface area contributed by atoms with Gasteiger partial charge in [-0.15, -0.1) is 23.5 Å².